The Morgan fingerprint density at radius 2 is 1.50 bits per heavy atom. The largest absolute Gasteiger partial charge is 0.493 e. The average molecular weight is 577 g/mol. The van der Waals surface area contributed by atoms with Crippen molar-refractivity contribution >= 4 is 11.9 Å². The first kappa shape index (κ1) is 31.7. The van der Waals surface area contributed by atoms with Crippen molar-refractivity contribution in [1.82, 2.24) is 4.90 Å². The maximum absolute atomic E-state index is 14.0. The number of aliphatic imine (C=N–C) groups is 1. The number of hydrogen-bond acceptors (Lipinski definition) is 4. The monoisotopic (exact) mass is 576 g/mol. The van der Waals surface area contributed by atoms with E-state index in [1.54, 1.807) is 14.2 Å². The summed E-state index contributed by atoms with van der Waals surface area (Å²) in [7, 11) is 3.25. The number of aryl methyl sites for hydroxylation is 1. The molecule has 4 rings (SSSR count). The number of benzene rings is 2. The van der Waals surface area contributed by atoms with Gasteiger partial charge in [0, 0.05) is 19.6 Å². The zero-order chi connectivity index (χ0) is 30.7. The van der Waals surface area contributed by atoms with Gasteiger partial charge in [0.05, 0.1) is 20.6 Å². The summed E-state index contributed by atoms with van der Waals surface area (Å²) in [5, 5.41) is 0. The highest BCUT2D eigenvalue weighted by molar-refractivity contribution is 5.79. The zero-order valence-corrected chi connectivity index (χ0v) is 26.9. The Bertz CT molecular complexity index is 1290. The summed E-state index contributed by atoms with van der Waals surface area (Å²) in [5.74, 6) is 2.58. The van der Waals surface area contributed by atoms with E-state index in [9.17, 15) is 4.79 Å². The van der Waals surface area contributed by atoms with E-state index in [4.69, 9.17) is 20.9 Å². The lowest BCUT2D eigenvalue weighted by atomic mass is 9.62. The van der Waals surface area contributed by atoms with Gasteiger partial charge in [-0.15, -0.1) is 0 Å². The van der Waals surface area contributed by atoms with Gasteiger partial charge in [0.15, 0.2) is 17.5 Å². The van der Waals surface area contributed by atoms with Crippen molar-refractivity contribution in [2.45, 2.75) is 96.9 Å². The van der Waals surface area contributed by atoms with Gasteiger partial charge < -0.3 is 25.8 Å². The first-order valence-electron chi connectivity index (χ1n) is 15.5. The van der Waals surface area contributed by atoms with Crippen LogP contribution in [0.3, 0.4) is 0 Å². The second-order valence-corrected chi connectivity index (χ2v) is 13.9. The van der Waals surface area contributed by atoms with Gasteiger partial charge in [-0.1, -0.05) is 45.9 Å². The lowest BCUT2D eigenvalue weighted by Gasteiger charge is -2.42. The standard InChI is InChI=1S/C35H52N4O3/c1-23-16-28-29(35(4,5)15-14-34(28,2)3)19-27(23)22-39(21-25-10-8-24(9-11-25)20-38-33(36)37)32(40)18-26-12-13-30(41-6)31(17-26)42-7/h12-13,16-17,19,24-25H,8-11,14-15,18,20-22H2,1-7H3,(H4,36,37,38). The Balaban J connectivity index is 1.59. The highest BCUT2D eigenvalue weighted by Gasteiger charge is 2.37. The first-order chi connectivity index (χ1) is 19.8. The number of rotatable bonds is 10. The van der Waals surface area contributed by atoms with E-state index >= 15 is 0 Å². The Morgan fingerprint density at radius 1 is 0.905 bits per heavy atom. The number of nitrogens with zero attached hydrogens (tertiary/aromatic N) is 2. The summed E-state index contributed by atoms with van der Waals surface area (Å²) in [6, 6.07) is 10.6. The third-order valence-corrected chi connectivity index (χ3v) is 9.80. The molecule has 2 aromatic rings. The van der Waals surface area contributed by atoms with E-state index in [2.05, 4.69) is 56.6 Å². The van der Waals surface area contributed by atoms with Crippen molar-refractivity contribution < 1.29 is 14.3 Å². The predicted octanol–water partition coefficient (Wildman–Crippen LogP) is 6.01. The second kappa shape index (κ2) is 13.0. The number of carbonyl (C=O) groups is 1. The summed E-state index contributed by atoms with van der Waals surface area (Å²) in [5.41, 5.74) is 17.7. The summed E-state index contributed by atoms with van der Waals surface area (Å²) in [6.45, 7) is 13.7. The van der Waals surface area contributed by atoms with Gasteiger partial charge in [-0.25, -0.2) is 0 Å². The molecular formula is C35H52N4O3. The summed E-state index contributed by atoms with van der Waals surface area (Å²) in [4.78, 5) is 20.4. The van der Waals surface area contributed by atoms with Crippen molar-refractivity contribution in [2.24, 2.45) is 28.3 Å². The summed E-state index contributed by atoms with van der Waals surface area (Å²) >= 11 is 0. The second-order valence-electron chi connectivity index (χ2n) is 13.9. The molecule has 0 aromatic heterocycles. The van der Waals surface area contributed by atoms with Crippen LogP contribution in [0.2, 0.25) is 0 Å². The molecule has 2 aliphatic rings. The van der Waals surface area contributed by atoms with Crippen LogP contribution >= 0.6 is 0 Å². The molecular weight excluding hydrogens is 524 g/mol. The van der Waals surface area contributed by atoms with E-state index < -0.39 is 0 Å². The van der Waals surface area contributed by atoms with Crippen LogP contribution in [0.25, 0.3) is 0 Å². The minimum atomic E-state index is 0.121. The number of carbonyl (C=O) groups excluding carboxylic acids is 1. The topological polar surface area (TPSA) is 103 Å². The van der Waals surface area contributed by atoms with Crippen LogP contribution in [0, 0.1) is 18.8 Å². The smallest absolute Gasteiger partial charge is 0.227 e. The highest BCUT2D eigenvalue weighted by Crippen LogP contribution is 2.46. The number of ether oxygens (including phenoxy) is 2. The molecule has 1 amide bonds. The van der Waals surface area contributed by atoms with Crippen LogP contribution in [0.4, 0.5) is 0 Å². The van der Waals surface area contributed by atoms with Crippen molar-refractivity contribution in [1.29, 1.82) is 0 Å². The van der Waals surface area contributed by atoms with E-state index in [-0.39, 0.29) is 22.7 Å². The number of methoxy groups -OCH3 is 2. The van der Waals surface area contributed by atoms with Crippen LogP contribution < -0.4 is 20.9 Å². The molecule has 230 valence electrons. The molecule has 42 heavy (non-hydrogen) atoms. The molecule has 0 radical (unpaired) electrons. The van der Waals surface area contributed by atoms with E-state index in [1.165, 1.54) is 35.1 Å². The van der Waals surface area contributed by atoms with Gasteiger partial charge in [-0.3, -0.25) is 9.79 Å². The summed E-state index contributed by atoms with van der Waals surface area (Å²) < 4.78 is 10.9. The Hall–Kier alpha value is -3.22. The first-order valence-corrected chi connectivity index (χ1v) is 15.5. The molecule has 2 aromatic carbocycles. The third-order valence-electron chi connectivity index (χ3n) is 9.80. The summed E-state index contributed by atoms with van der Waals surface area (Å²) in [6.07, 6.45) is 7.00. The highest BCUT2D eigenvalue weighted by atomic mass is 16.5. The molecule has 0 atom stereocenters. The number of guanidine groups is 1. The van der Waals surface area contributed by atoms with Gasteiger partial charge in [-0.2, -0.15) is 0 Å². The molecule has 0 aliphatic heterocycles. The molecule has 7 nitrogen and oxygen atoms in total. The quantitative estimate of drug-likeness (QED) is 0.266. The van der Waals surface area contributed by atoms with Crippen molar-refractivity contribution in [3.63, 3.8) is 0 Å². The van der Waals surface area contributed by atoms with Crippen LogP contribution in [0.1, 0.15) is 94.0 Å². The Labute approximate surface area is 253 Å². The molecule has 7 heteroatoms. The van der Waals surface area contributed by atoms with E-state index in [1.807, 2.05) is 18.2 Å². The van der Waals surface area contributed by atoms with Gasteiger partial charge in [0.25, 0.3) is 0 Å². The molecule has 2 aliphatic carbocycles. The Kier molecular flexibility index (Phi) is 9.79. The van der Waals surface area contributed by atoms with Gasteiger partial charge in [0.1, 0.15) is 0 Å². The maximum atomic E-state index is 14.0. The van der Waals surface area contributed by atoms with Crippen molar-refractivity contribution in [3.8, 4) is 11.5 Å². The van der Waals surface area contributed by atoms with Crippen molar-refractivity contribution in [2.75, 3.05) is 27.3 Å². The normalized spacial score (nSPS) is 20.7. The molecule has 0 spiro atoms. The van der Waals surface area contributed by atoms with Gasteiger partial charge in [-0.05, 0) is 108 Å². The fraction of sp³-hybridized carbons (Fsp3) is 0.600. The fourth-order valence-corrected chi connectivity index (χ4v) is 6.82. The van der Waals surface area contributed by atoms with Crippen LogP contribution in [-0.2, 0) is 28.6 Å². The number of amides is 1. The minimum absolute atomic E-state index is 0.121. The third kappa shape index (κ3) is 7.40. The zero-order valence-electron chi connectivity index (χ0n) is 26.9. The number of hydrogen-bond donors (Lipinski definition) is 2. The van der Waals surface area contributed by atoms with Crippen LogP contribution in [0.5, 0.6) is 11.5 Å². The SMILES string of the molecule is COc1ccc(CC(=O)N(Cc2cc3c(cc2C)C(C)(C)CCC3(C)C)CC2CCC(CN=C(N)N)CC2)cc1OC. The Morgan fingerprint density at radius 3 is 2.10 bits per heavy atom. The van der Waals surface area contributed by atoms with E-state index in [0.29, 0.717) is 42.8 Å². The minimum Gasteiger partial charge on any atom is -0.493 e. The molecule has 4 N–H and O–H groups in total. The lowest BCUT2D eigenvalue weighted by molar-refractivity contribution is -0.132. The van der Waals surface area contributed by atoms with Gasteiger partial charge in [0.2, 0.25) is 5.91 Å². The molecule has 1 saturated carbocycles. The fourth-order valence-electron chi connectivity index (χ4n) is 6.82. The predicted molar refractivity (Wildman–Crippen MR) is 171 cm³/mol. The molecule has 0 bridgehead atoms. The van der Waals surface area contributed by atoms with Crippen LogP contribution in [-0.4, -0.2) is 44.1 Å². The average Bonchev–Trinajstić information content (AvgIpc) is 2.95. The lowest BCUT2D eigenvalue weighted by Crippen LogP contribution is -2.38. The number of nitrogens with two attached hydrogens (primary N) is 2. The number of fused-ring (bicyclic) bond motifs is 1. The molecule has 0 saturated heterocycles. The molecule has 0 heterocycles. The molecule has 0 unspecified atom stereocenters. The van der Waals surface area contributed by atoms with Crippen LogP contribution in [0.15, 0.2) is 35.3 Å². The van der Waals surface area contributed by atoms with Crippen molar-refractivity contribution in [3.05, 3.63) is 58.1 Å². The maximum Gasteiger partial charge on any atom is 0.227 e. The van der Waals surface area contributed by atoms with Gasteiger partial charge >= 0.3 is 0 Å². The van der Waals surface area contributed by atoms with E-state index in [0.717, 1.165) is 37.8 Å². The molecule has 1 fully saturated rings.